The summed E-state index contributed by atoms with van der Waals surface area (Å²) in [5, 5.41) is 38.1. The van der Waals surface area contributed by atoms with E-state index in [0.717, 1.165) is 135 Å². The van der Waals surface area contributed by atoms with Crippen LogP contribution in [0.4, 0.5) is 0 Å². The molecule has 0 aliphatic carbocycles. The summed E-state index contributed by atoms with van der Waals surface area (Å²) in [7, 11) is 0. The molecule has 2 aromatic rings. The van der Waals surface area contributed by atoms with Crippen molar-refractivity contribution in [2.45, 2.75) is 70.6 Å². The third kappa shape index (κ3) is 13.7. The van der Waals surface area contributed by atoms with Crippen LogP contribution in [0.1, 0.15) is 43.5 Å². The minimum atomic E-state index is 0.110. The maximum absolute atomic E-state index is 6.16. The zero-order valence-corrected chi connectivity index (χ0v) is 24.7. The first-order valence-corrected chi connectivity index (χ1v) is 15.6. The van der Waals surface area contributed by atoms with E-state index in [1.165, 1.54) is 0 Å². The number of hydrogen-bond acceptors (Lipinski definition) is 12. The van der Waals surface area contributed by atoms with Crippen molar-refractivity contribution in [3.63, 3.8) is 0 Å². The van der Waals surface area contributed by atoms with Crippen LogP contribution in [-0.2, 0) is 35.8 Å². The van der Waals surface area contributed by atoms with Gasteiger partial charge in [0, 0.05) is 39.3 Å². The average Bonchev–Trinajstić information content (AvgIpc) is 3.62. The van der Waals surface area contributed by atoms with Crippen molar-refractivity contribution >= 4 is 0 Å². The third-order valence-corrected chi connectivity index (χ3v) is 7.20. The number of aryl methyl sites for hydroxylation is 2. The minimum absolute atomic E-state index is 0.110. The standard InChI is InChI=1S/C27H52N12O2/c1-6-28-7-2-11-31-17-26(16-30-10-1)40-22-24-20-38(36-34-24)14-5-15-39-21-25(35-37-39)23-41-27-18-32-12-3-8-29-9-4-13-33-19-27/h20-21,26-33H,1-19,22-23H2. The van der Waals surface area contributed by atoms with Gasteiger partial charge in [0.2, 0.25) is 0 Å². The van der Waals surface area contributed by atoms with Crippen LogP contribution in [0.2, 0.25) is 0 Å². The van der Waals surface area contributed by atoms with Crippen molar-refractivity contribution in [1.29, 1.82) is 0 Å². The molecule has 2 fully saturated rings. The monoisotopic (exact) mass is 576 g/mol. The second-order valence-electron chi connectivity index (χ2n) is 10.9. The fourth-order valence-corrected chi connectivity index (χ4v) is 4.86. The fourth-order valence-electron chi connectivity index (χ4n) is 4.86. The Bertz CT molecular complexity index is 830. The quantitative estimate of drug-likeness (QED) is 0.203. The highest BCUT2D eigenvalue weighted by molar-refractivity contribution is 4.91. The Labute approximate surface area is 244 Å². The summed E-state index contributed by atoms with van der Waals surface area (Å²) in [4.78, 5) is 0. The van der Waals surface area contributed by atoms with Gasteiger partial charge in [0.05, 0.1) is 37.8 Å². The van der Waals surface area contributed by atoms with Gasteiger partial charge in [0.25, 0.3) is 0 Å². The molecular weight excluding hydrogens is 524 g/mol. The van der Waals surface area contributed by atoms with Crippen LogP contribution >= 0.6 is 0 Å². The lowest BCUT2D eigenvalue weighted by molar-refractivity contribution is 0.0390. The molecule has 0 bridgehead atoms. The summed E-state index contributed by atoms with van der Waals surface area (Å²) >= 11 is 0. The molecule has 4 heterocycles. The number of hydrogen-bond donors (Lipinski definition) is 6. The maximum atomic E-state index is 6.16. The molecule has 14 heteroatoms. The van der Waals surface area contributed by atoms with E-state index >= 15 is 0 Å². The predicted molar refractivity (Wildman–Crippen MR) is 158 cm³/mol. The third-order valence-electron chi connectivity index (χ3n) is 7.20. The Hall–Kier alpha value is -2.04. The number of rotatable bonds is 10. The first-order valence-electron chi connectivity index (χ1n) is 15.6. The van der Waals surface area contributed by atoms with Crippen LogP contribution in [-0.4, -0.2) is 121 Å². The molecule has 0 aromatic carbocycles. The zero-order chi connectivity index (χ0) is 28.2. The van der Waals surface area contributed by atoms with Crippen molar-refractivity contribution in [3.05, 3.63) is 23.8 Å². The molecule has 6 N–H and O–H groups in total. The maximum Gasteiger partial charge on any atom is 0.108 e. The molecule has 0 saturated carbocycles. The highest BCUT2D eigenvalue weighted by Gasteiger charge is 2.13. The van der Waals surface area contributed by atoms with E-state index in [9.17, 15) is 0 Å². The second-order valence-corrected chi connectivity index (χ2v) is 10.9. The molecule has 2 aliphatic heterocycles. The van der Waals surface area contributed by atoms with E-state index in [4.69, 9.17) is 9.47 Å². The molecule has 0 radical (unpaired) electrons. The van der Waals surface area contributed by atoms with Crippen molar-refractivity contribution in [1.82, 2.24) is 61.9 Å². The van der Waals surface area contributed by atoms with Crippen LogP contribution in [0.5, 0.6) is 0 Å². The van der Waals surface area contributed by atoms with Gasteiger partial charge in [0.1, 0.15) is 11.4 Å². The number of nitrogens with zero attached hydrogens (tertiary/aromatic N) is 6. The first-order chi connectivity index (χ1) is 20.3. The van der Waals surface area contributed by atoms with E-state index in [1.54, 1.807) is 0 Å². The number of ether oxygens (including phenoxy) is 2. The van der Waals surface area contributed by atoms with Crippen LogP contribution < -0.4 is 31.9 Å². The van der Waals surface area contributed by atoms with Gasteiger partial charge in [-0.3, -0.25) is 9.36 Å². The van der Waals surface area contributed by atoms with Crippen LogP contribution in [0.15, 0.2) is 12.4 Å². The Kier molecular flexibility index (Phi) is 15.5. The summed E-state index contributed by atoms with van der Waals surface area (Å²) in [5.41, 5.74) is 1.71. The molecule has 14 nitrogen and oxygen atoms in total. The van der Waals surface area contributed by atoms with Crippen molar-refractivity contribution < 1.29 is 9.47 Å². The molecule has 0 unspecified atom stereocenters. The normalized spacial score (nSPS) is 20.5. The average molecular weight is 577 g/mol. The Morgan fingerprint density at radius 1 is 0.561 bits per heavy atom. The molecular formula is C27H52N12O2. The van der Waals surface area contributed by atoms with Gasteiger partial charge in [-0.1, -0.05) is 10.4 Å². The largest absolute Gasteiger partial charge is 0.369 e. The number of nitrogens with one attached hydrogen (secondary N) is 6. The molecule has 41 heavy (non-hydrogen) atoms. The Morgan fingerprint density at radius 2 is 0.927 bits per heavy atom. The first kappa shape index (κ1) is 31.9. The molecule has 2 saturated heterocycles. The second kappa shape index (κ2) is 20.0. The van der Waals surface area contributed by atoms with Gasteiger partial charge in [-0.2, -0.15) is 0 Å². The van der Waals surface area contributed by atoms with Crippen LogP contribution in [0, 0.1) is 0 Å². The fraction of sp³-hybridized carbons (Fsp3) is 0.852. The topological polar surface area (TPSA) is 152 Å². The van der Waals surface area contributed by atoms with Gasteiger partial charge >= 0.3 is 0 Å². The SMILES string of the molecule is c1c(COC2CNCCCNCCCNC2)nnn1CCCn1cc(COC2CNCCCNCCCNC2)nn1. The van der Waals surface area contributed by atoms with E-state index in [-0.39, 0.29) is 12.2 Å². The van der Waals surface area contributed by atoms with E-state index in [2.05, 4.69) is 52.5 Å². The highest BCUT2D eigenvalue weighted by atomic mass is 16.5. The zero-order valence-electron chi connectivity index (χ0n) is 24.7. The van der Waals surface area contributed by atoms with Gasteiger partial charge in [-0.15, -0.1) is 10.2 Å². The van der Waals surface area contributed by atoms with Crippen LogP contribution in [0.25, 0.3) is 0 Å². The minimum Gasteiger partial charge on any atom is -0.369 e. The van der Waals surface area contributed by atoms with Crippen molar-refractivity contribution in [2.75, 3.05) is 78.5 Å². The van der Waals surface area contributed by atoms with Crippen molar-refractivity contribution in [2.24, 2.45) is 0 Å². The lowest BCUT2D eigenvalue weighted by Gasteiger charge is -2.20. The molecule has 0 spiro atoms. The summed E-state index contributed by atoms with van der Waals surface area (Å²) in [5.74, 6) is 0. The molecule has 0 atom stereocenters. The van der Waals surface area contributed by atoms with E-state index in [1.807, 2.05) is 21.8 Å². The molecule has 2 aromatic heterocycles. The number of aromatic nitrogens is 6. The molecule has 232 valence electrons. The van der Waals surface area contributed by atoms with Gasteiger partial charge in [-0.25, -0.2) is 0 Å². The van der Waals surface area contributed by atoms with Gasteiger partial charge in [0.15, 0.2) is 0 Å². The van der Waals surface area contributed by atoms with E-state index < -0.39 is 0 Å². The highest BCUT2D eigenvalue weighted by Crippen LogP contribution is 2.04. The smallest absolute Gasteiger partial charge is 0.108 e. The lowest BCUT2D eigenvalue weighted by atomic mass is 10.3. The van der Waals surface area contributed by atoms with Gasteiger partial charge in [-0.05, 0) is 84.5 Å². The van der Waals surface area contributed by atoms with Gasteiger partial charge < -0.3 is 41.4 Å². The summed E-state index contributed by atoms with van der Waals surface area (Å²) in [6.07, 6.45) is 9.58. The molecule has 2 aliphatic rings. The molecule has 0 amide bonds. The molecule has 4 rings (SSSR count). The van der Waals surface area contributed by atoms with Crippen LogP contribution in [0.3, 0.4) is 0 Å². The summed E-state index contributed by atoms with van der Waals surface area (Å²) in [6.45, 7) is 14.0. The summed E-state index contributed by atoms with van der Waals surface area (Å²) in [6, 6.07) is 0. The summed E-state index contributed by atoms with van der Waals surface area (Å²) < 4.78 is 16.1. The van der Waals surface area contributed by atoms with Crippen molar-refractivity contribution in [3.8, 4) is 0 Å². The lowest BCUT2D eigenvalue weighted by Crippen LogP contribution is -2.39. The Balaban J connectivity index is 1.12. The predicted octanol–water partition coefficient (Wildman–Crippen LogP) is -1.14. The van der Waals surface area contributed by atoms with E-state index in [0.29, 0.717) is 13.2 Å². The Morgan fingerprint density at radius 3 is 1.32 bits per heavy atom.